The van der Waals surface area contributed by atoms with Crippen molar-refractivity contribution in [1.29, 1.82) is 0 Å². The Hall–Kier alpha value is -2.50. The van der Waals surface area contributed by atoms with Gasteiger partial charge in [0.15, 0.2) is 5.75 Å². The molecular weight excluding hydrogens is 503 g/mol. The topological polar surface area (TPSA) is 112 Å². The summed E-state index contributed by atoms with van der Waals surface area (Å²) in [7, 11) is -1.34. The van der Waals surface area contributed by atoms with E-state index >= 15 is 0 Å². The molecule has 0 saturated carbocycles. The van der Waals surface area contributed by atoms with Gasteiger partial charge in [0.05, 0.1) is 32.2 Å². The van der Waals surface area contributed by atoms with Crippen molar-refractivity contribution in [3.63, 3.8) is 0 Å². The van der Waals surface area contributed by atoms with Gasteiger partial charge < -0.3 is 14.4 Å². The van der Waals surface area contributed by atoms with Gasteiger partial charge >= 0.3 is 6.09 Å². The molecule has 1 saturated heterocycles. The molecule has 1 amide bonds. The van der Waals surface area contributed by atoms with Crippen LogP contribution in [-0.2, 0) is 15.5 Å². The number of piperidine rings is 1. The van der Waals surface area contributed by atoms with Gasteiger partial charge in [0, 0.05) is 24.4 Å². The summed E-state index contributed by atoms with van der Waals surface area (Å²) in [6, 6.07) is 3.26. The lowest BCUT2D eigenvalue weighted by Gasteiger charge is -2.33. The maximum atomic E-state index is 12.7. The number of amides is 1. The number of benzene rings is 1. The van der Waals surface area contributed by atoms with E-state index in [0.29, 0.717) is 48.1 Å². The third-order valence-corrected chi connectivity index (χ3v) is 7.04. The number of hydrogen-bond acceptors (Lipinski definition) is 8. The Morgan fingerprint density at radius 3 is 2.47 bits per heavy atom. The Morgan fingerprint density at radius 2 is 1.88 bits per heavy atom. The van der Waals surface area contributed by atoms with E-state index in [2.05, 4.69) is 20.5 Å². The number of aromatic nitrogens is 4. The Balaban J connectivity index is 1.35. The average Bonchev–Trinajstić information content (AvgIpc) is 3.42. The van der Waals surface area contributed by atoms with Crippen molar-refractivity contribution in [3.05, 3.63) is 39.6 Å². The van der Waals surface area contributed by atoms with Crippen LogP contribution < -0.4 is 4.74 Å². The zero-order valence-corrected chi connectivity index (χ0v) is 21.2. The van der Waals surface area contributed by atoms with E-state index in [1.165, 1.54) is 11.0 Å². The highest BCUT2D eigenvalue weighted by Crippen LogP contribution is 2.36. The van der Waals surface area contributed by atoms with E-state index in [1.807, 2.05) is 20.8 Å². The Kier molecular flexibility index (Phi) is 7.25. The minimum absolute atomic E-state index is 0.0241. The standard InChI is InChI=1S/C21H24Cl2N6O4S/c1-21(2,3)33-20(30)28-6-4-13(5-7-28)19-25-14(11-34(19)31)10-32-18-16(22)8-15(9-17(18)23)29-12-24-26-27-29/h8-9,11-13H,4-7,10H2,1-3H3. The number of hydrogen-bond donors (Lipinski definition) is 0. The summed E-state index contributed by atoms with van der Waals surface area (Å²) >= 11 is 12.7. The van der Waals surface area contributed by atoms with Crippen LogP contribution in [0.2, 0.25) is 10.0 Å². The fraction of sp³-hybridized carbons (Fsp3) is 0.476. The summed E-state index contributed by atoms with van der Waals surface area (Å²) in [5, 5.41) is 13.7. The van der Waals surface area contributed by atoms with E-state index in [9.17, 15) is 9.00 Å². The number of likely N-dealkylation sites (tertiary alicyclic amines) is 1. The molecule has 34 heavy (non-hydrogen) atoms. The van der Waals surface area contributed by atoms with Gasteiger partial charge in [-0.25, -0.2) is 18.7 Å². The molecule has 182 valence electrons. The second kappa shape index (κ2) is 10.0. The first-order chi connectivity index (χ1) is 16.1. The molecule has 1 unspecified atom stereocenters. The normalized spacial score (nSPS) is 19.1. The minimum Gasteiger partial charge on any atom is -0.484 e. The lowest BCUT2D eigenvalue weighted by molar-refractivity contribution is 0.0202. The summed E-state index contributed by atoms with van der Waals surface area (Å²) in [6.45, 7) is 6.64. The van der Waals surface area contributed by atoms with Gasteiger partial charge in [-0.3, -0.25) is 0 Å². The van der Waals surface area contributed by atoms with Crippen molar-refractivity contribution in [2.75, 3.05) is 19.7 Å². The smallest absolute Gasteiger partial charge is 0.410 e. The van der Waals surface area contributed by atoms with Crippen molar-refractivity contribution >= 4 is 45.1 Å². The Labute approximate surface area is 209 Å². The predicted molar refractivity (Wildman–Crippen MR) is 129 cm³/mol. The molecule has 2 aliphatic rings. The van der Waals surface area contributed by atoms with Crippen molar-refractivity contribution in [2.45, 2.75) is 39.2 Å². The third-order valence-electron chi connectivity index (χ3n) is 5.16. The highest BCUT2D eigenvalue weighted by molar-refractivity contribution is 8.03. The molecule has 1 aromatic carbocycles. The van der Waals surface area contributed by atoms with E-state index in [0.717, 1.165) is 0 Å². The van der Waals surface area contributed by atoms with Crippen molar-refractivity contribution < 1.29 is 18.5 Å². The second-order valence-electron chi connectivity index (χ2n) is 8.88. The van der Waals surface area contributed by atoms with Crippen LogP contribution in [0.5, 0.6) is 5.75 Å². The highest BCUT2D eigenvalue weighted by Gasteiger charge is 2.32. The van der Waals surface area contributed by atoms with Gasteiger partial charge in [-0.2, -0.15) is 0 Å². The number of halogens is 2. The fourth-order valence-corrected chi connectivity index (χ4v) is 5.44. The summed E-state index contributed by atoms with van der Waals surface area (Å²) in [6.07, 6.45) is 2.44. The van der Waals surface area contributed by atoms with E-state index in [1.54, 1.807) is 22.4 Å². The summed E-state index contributed by atoms with van der Waals surface area (Å²) < 4.78 is 25.3. The van der Waals surface area contributed by atoms with Crippen LogP contribution in [0.4, 0.5) is 4.79 Å². The molecule has 0 spiro atoms. The molecule has 1 atom stereocenters. The summed E-state index contributed by atoms with van der Waals surface area (Å²) in [5.74, 6) is 0.317. The highest BCUT2D eigenvalue weighted by atomic mass is 35.5. The molecular formula is C21H24Cl2N6O4S. The first-order valence-corrected chi connectivity index (χ1v) is 12.6. The molecule has 3 heterocycles. The number of ether oxygens (including phenoxy) is 2. The molecule has 0 aliphatic carbocycles. The van der Waals surface area contributed by atoms with Crippen molar-refractivity contribution in [1.82, 2.24) is 25.1 Å². The van der Waals surface area contributed by atoms with Crippen LogP contribution >= 0.6 is 23.2 Å². The average molecular weight is 527 g/mol. The van der Waals surface area contributed by atoms with Gasteiger partial charge in [0.2, 0.25) is 0 Å². The molecule has 4 rings (SSSR count). The predicted octanol–water partition coefficient (Wildman–Crippen LogP) is 4.00. The number of aliphatic imine (C=N–C) groups is 1. The summed E-state index contributed by atoms with van der Waals surface area (Å²) in [5.41, 5.74) is 0.592. The van der Waals surface area contributed by atoms with Gasteiger partial charge in [-0.15, -0.1) is 5.10 Å². The number of tetrazole rings is 1. The van der Waals surface area contributed by atoms with E-state index in [4.69, 9.17) is 32.7 Å². The van der Waals surface area contributed by atoms with Crippen LogP contribution in [-0.4, -0.2) is 65.8 Å². The molecule has 0 radical (unpaired) electrons. The van der Waals surface area contributed by atoms with Crippen molar-refractivity contribution in [3.8, 4) is 11.4 Å². The molecule has 2 aromatic rings. The minimum atomic E-state index is -1.34. The van der Waals surface area contributed by atoms with Gasteiger partial charge in [0.25, 0.3) is 0 Å². The largest absolute Gasteiger partial charge is 0.484 e. The van der Waals surface area contributed by atoms with E-state index < -0.39 is 16.4 Å². The number of carbonyl (C=O) groups excluding carboxylic acids is 1. The molecule has 1 fully saturated rings. The molecule has 0 bridgehead atoms. The zero-order valence-electron chi connectivity index (χ0n) is 18.9. The van der Waals surface area contributed by atoms with Crippen LogP contribution in [0.1, 0.15) is 33.6 Å². The van der Waals surface area contributed by atoms with Crippen LogP contribution in [0.25, 0.3) is 5.69 Å². The Morgan fingerprint density at radius 1 is 1.21 bits per heavy atom. The van der Waals surface area contributed by atoms with Crippen molar-refractivity contribution in [2.24, 2.45) is 10.9 Å². The maximum Gasteiger partial charge on any atom is 0.410 e. The van der Waals surface area contributed by atoms with E-state index in [-0.39, 0.29) is 28.7 Å². The molecule has 1 aromatic heterocycles. The van der Waals surface area contributed by atoms with Gasteiger partial charge in [-0.05, 0) is 56.2 Å². The van der Waals surface area contributed by atoms with Crippen LogP contribution in [0.15, 0.2) is 34.6 Å². The molecule has 0 N–H and O–H groups in total. The van der Waals surface area contributed by atoms with Gasteiger partial charge in [0.1, 0.15) is 23.6 Å². The molecule has 13 heteroatoms. The lowest BCUT2D eigenvalue weighted by Crippen LogP contribution is -2.43. The number of rotatable bonds is 5. The van der Waals surface area contributed by atoms with Gasteiger partial charge in [-0.1, -0.05) is 23.2 Å². The Bertz CT molecular complexity index is 1130. The quantitative estimate of drug-likeness (QED) is 0.578. The fourth-order valence-electron chi connectivity index (χ4n) is 3.60. The maximum absolute atomic E-state index is 12.7. The molecule has 2 aliphatic heterocycles. The SMILES string of the molecule is CC(C)(C)OC(=O)N1CCC(C2=NC(COc3c(Cl)cc(-n4cnnn4)cc3Cl)=CS2=O)CC1. The third kappa shape index (κ3) is 5.76. The number of carbonyl (C=O) groups is 1. The summed E-state index contributed by atoms with van der Waals surface area (Å²) in [4.78, 5) is 18.5. The van der Waals surface area contributed by atoms with Crippen LogP contribution in [0.3, 0.4) is 0 Å². The lowest BCUT2D eigenvalue weighted by atomic mass is 9.98. The first-order valence-electron chi connectivity index (χ1n) is 10.6. The van der Waals surface area contributed by atoms with Crippen LogP contribution in [0, 0.1) is 5.92 Å². The zero-order chi connectivity index (χ0) is 24.5. The first kappa shape index (κ1) is 24.6. The second-order valence-corrected chi connectivity index (χ2v) is 10.9. The molecule has 10 nitrogen and oxygen atoms in total. The number of nitrogens with zero attached hydrogens (tertiary/aromatic N) is 6. The monoisotopic (exact) mass is 526 g/mol.